The van der Waals surface area contributed by atoms with E-state index in [1.807, 2.05) is 60.7 Å². The van der Waals surface area contributed by atoms with Crippen LogP contribution in [0.4, 0.5) is 0 Å². The van der Waals surface area contributed by atoms with Crippen LogP contribution in [0.25, 0.3) is 0 Å². The van der Waals surface area contributed by atoms with Crippen molar-refractivity contribution >= 4 is 11.8 Å². The van der Waals surface area contributed by atoms with Crippen LogP contribution in [0.15, 0.2) is 84.9 Å². The molecular formula is C31H40N3O5+. The highest BCUT2D eigenvalue weighted by Gasteiger charge is 2.30. The molecule has 0 aliphatic carbocycles. The Morgan fingerprint density at radius 2 is 1.26 bits per heavy atom. The molecule has 0 heterocycles. The number of carbonyl (C=O) groups is 2. The number of nitrogens with one attached hydrogen (secondary N) is 1. The average Bonchev–Trinajstić information content (AvgIpc) is 2.93. The highest BCUT2D eigenvalue weighted by Crippen LogP contribution is 2.20. The zero-order valence-corrected chi connectivity index (χ0v) is 22.2. The smallest absolute Gasteiger partial charge is 0.240 e. The first-order valence-corrected chi connectivity index (χ1v) is 13.4. The van der Waals surface area contributed by atoms with Gasteiger partial charge in [-0.1, -0.05) is 72.8 Å². The van der Waals surface area contributed by atoms with E-state index < -0.39 is 36.0 Å². The van der Waals surface area contributed by atoms with Gasteiger partial charge in [-0.15, -0.1) is 0 Å². The summed E-state index contributed by atoms with van der Waals surface area (Å²) >= 11 is 0. The number of amides is 2. The minimum atomic E-state index is -0.983. The van der Waals surface area contributed by atoms with Crippen LogP contribution < -0.4 is 16.8 Å². The average molecular weight is 535 g/mol. The van der Waals surface area contributed by atoms with E-state index in [9.17, 15) is 24.9 Å². The lowest BCUT2D eigenvalue weighted by atomic mass is 9.89. The molecule has 0 radical (unpaired) electrons. The molecule has 0 fully saturated rings. The maximum Gasteiger partial charge on any atom is 0.240 e. The van der Waals surface area contributed by atoms with E-state index in [-0.39, 0.29) is 18.2 Å². The van der Waals surface area contributed by atoms with Crippen LogP contribution in [0.1, 0.15) is 36.0 Å². The topological polar surface area (TPSA) is 161 Å². The van der Waals surface area contributed by atoms with Gasteiger partial charge in [-0.3, -0.25) is 9.59 Å². The maximum atomic E-state index is 13.4. The Balaban J connectivity index is 1.60. The molecule has 39 heavy (non-hydrogen) atoms. The Morgan fingerprint density at radius 1 is 0.744 bits per heavy atom. The van der Waals surface area contributed by atoms with Crippen LogP contribution in [0.5, 0.6) is 5.75 Å². The van der Waals surface area contributed by atoms with E-state index in [1.54, 1.807) is 24.3 Å². The third kappa shape index (κ3) is 9.83. The number of quaternary nitrogens is 1. The molecule has 0 aliphatic rings. The molecule has 0 bridgehead atoms. The van der Waals surface area contributed by atoms with Crippen LogP contribution in [0.2, 0.25) is 0 Å². The number of carbonyl (C=O) groups excluding carboxylic acids is 2. The molecule has 0 unspecified atom stereocenters. The predicted octanol–water partition coefficient (Wildman–Crippen LogP) is 1.51. The summed E-state index contributed by atoms with van der Waals surface area (Å²) in [5.41, 5.74) is 12.4. The van der Waals surface area contributed by atoms with E-state index in [1.165, 1.54) is 0 Å². The van der Waals surface area contributed by atoms with Crippen molar-refractivity contribution in [3.63, 3.8) is 0 Å². The number of aliphatic hydroxyl groups excluding tert-OH is 2. The summed E-state index contributed by atoms with van der Waals surface area (Å²) in [6.45, 7) is 0. The van der Waals surface area contributed by atoms with Gasteiger partial charge in [-0.05, 0) is 54.5 Å². The molecule has 0 saturated carbocycles. The Hall–Kier alpha value is -3.72. The summed E-state index contributed by atoms with van der Waals surface area (Å²) in [5.74, 6) is -1.69. The van der Waals surface area contributed by atoms with E-state index >= 15 is 0 Å². The van der Waals surface area contributed by atoms with Crippen LogP contribution in [0.3, 0.4) is 0 Å². The molecule has 0 saturated heterocycles. The van der Waals surface area contributed by atoms with Crippen LogP contribution in [-0.4, -0.2) is 51.4 Å². The lowest BCUT2D eigenvalue weighted by molar-refractivity contribution is -0.437. The van der Waals surface area contributed by atoms with Gasteiger partial charge in [-0.2, -0.15) is 0 Å². The van der Waals surface area contributed by atoms with E-state index in [0.29, 0.717) is 32.1 Å². The first kappa shape index (κ1) is 29.8. The summed E-state index contributed by atoms with van der Waals surface area (Å²) in [7, 11) is 0. The third-order valence-electron chi connectivity index (χ3n) is 7.02. The number of nitrogens with two attached hydrogens (primary N) is 1. The Morgan fingerprint density at radius 3 is 1.82 bits per heavy atom. The molecule has 3 aromatic rings. The van der Waals surface area contributed by atoms with Crippen molar-refractivity contribution in [2.45, 2.75) is 62.8 Å². The monoisotopic (exact) mass is 534 g/mol. The second-order valence-corrected chi connectivity index (χ2v) is 10.1. The number of aliphatic hydroxyl groups is 2. The summed E-state index contributed by atoms with van der Waals surface area (Å²) in [5, 5.41) is 33.9. The first-order valence-electron chi connectivity index (χ1n) is 13.4. The van der Waals surface area contributed by atoms with Crippen molar-refractivity contribution in [1.82, 2.24) is 5.32 Å². The first-order chi connectivity index (χ1) is 18.7. The predicted molar refractivity (Wildman–Crippen MR) is 149 cm³/mol. The van der Waals surface area contributed by atoms with Crippen LogP contribution >= 0.6 is 0 Å². The number of rotatable bonds is 15. The normalized spacial score (nSPS) is 15.1. The minimum Gasteiger partial charge on any atom is -0.508 e. The number of hydrogen-bond acceptors (Lipinski definition) is 5. The van der Waals surface area contributed by atoms with Gasteiger partial charge >= 0.3 is 0 Å². The molecule has 2 amide bonds. The lowest BCUT2D eigenvalue weighted by Crippen LogP contribution is -2.67. The fourth-order valence-electron chi connectivity index (χ4n) is 4.67. The second kappa shape index (κ2) is 15.0. The fourth-order valence-corrected chi connectivity index (χ4v) is 4.67. The summed E-state index contributed by atoms with van der Waals surface area (Å²) in [6.07, 6.45) is 0.653. The number of aromatic hydroxyl groups is 1. The molecule has 9 N–H and O–H groups in total. The number of phenolic OH excluding ortho intramolecular Hbond substituents is 1. The van der Waals surface area contributed by atoms with Gasteiger partial charge in [0.05, 0.1) is 12.0 Å². The maximum absolute atomic E-state index is 13.4. The SMILES string of the molecule is NC(=O)[C@H](Cc1ccccc1)NC(=O)[C@H](Cc1ccccc1)[C@@H](O)CCC[C@H](O)[C@@H]([NH3+])Cc1ccc(O)cc1. The molecule has 5 atom stereocenters. The van der Waals surface area contributed by atoms with Crippen molar-refractivity contribution in [2.24, 2.45) is 11.7 Å². The lowest BCUT2D eigenvalue weighted by Gasteiger charge is -2.25. The number of benzene rings is 3. The van der Waals surface area contributed by atoms with Crippen molar-refractivity contribution in [1.29, 1.82) is 0 Å². The van der Waals surface area contributed by atoms with E-state index in [0.717, 1.165) is 16.7 Å². The molecule has 8 heteroatoms. The highest BCUT2D eigenvalue weighted by atomic mass is 16.3. The zero-order valence-electron chi connectivity index (χ0n) is 22.2. The summed E-state index contributed by atoms with van der Waals surface area (Å²) in [4.78, 5) is 25.5. The fraction of sp³-hybridized carbons (Fsp3) is 0.355. The Kier molecular flexibility index (Phi) is 11.5. The van der Waals surface area contributed by atoms with Gasteiger partial charge in [-0.25, -0.2) is 0 Å². The van der Waals surface area contributed by atoms with Gasteiger partial charge < -0.3 is 32.1 Å². The van der Waals surface area contributed by atoms with E-state index in [2.05, 4.69) is 11.1 Å². The molecule has 3 aromatic carbocycles. The Bertz CT molecular complexity index is 1160. The largest absolute Gasteiger partial charge is 0.508 e. The van der Waals surface area contributed by atoms with Gasteiger partial charge in [0.25, 0.3) is 0 Å². The van der Waals surface area contributed by atoms with Gasteiger partial charge in [0.2, 0.25) is 11.8 Å². The molecule has 3 rings (SSSR count). The number of primary amides is 1. The van der Waals surface area contributed by atoms with Gasteiger partial charge in [0.15, 0.2) is 0 Å². The van der Waals surface area contributed by atoms with Crippen molar-refractivity contribution in [2.75, 3.05) is 0 Å². The quantitative estimate of drug-likeness (QED) is 0.174. The molecule has 0 aromatic heterocycles. The standard InChI is InChI=1S/C31H39N3O5/c32-26(19-23-14-16-24(35)17-15-23)29(37)13-7-12-28(36)25(18-21-8-3-1-4-9-21)31(39)34-27(30(33)38)20-22-10-5-2-6-11-22/h1-6,8-11,14-17,25-29,35-37H,7,12-13,18-20,32H2,(H2,33,38)(H,34,39)/p+1/t25-,26+,27+,28+,29+/m1/s1. The Labute approximate surface area is 229 Å². The summed E-state index contributed by atoms with van der Waals surface area (Å²) in [6, 6.07) is 24.4. The second-order valence-electron chi connectivity index (χ2n) is 10.1. The molecule has 0 spiro atoms. The molecule has 0 aliphatic heterocycles. The van der Waals surface area contributed by atoms with Gasteiger partial charge in [0.1, 0.15) is 23.9 Å². The zero-order chi connectivity index (χ0) is 28.2. The number of phenols is 1. The molecular weight excluding hydrogens is 494 g/mol. The highest BCUT2D eigenvalue weighted by molar-refractivity contribution is 5.88. The molecule has 8 nitrogen and oxygen atoms in total. The van der Waals surface area contributed by atoms with Crippen molar-refractivity contribution in [3.8, 4) is 5.75 Å². The van der Waals surface area contributed by atoms with Crippen LogP contribution in [-0.2, 0) is 28.9 Å². The van der Waals surface area contributed by atoms with Gasteiger partial charge in [0, 0.05) is 12.8 Å². The molecule has 208 valence electrons. The van der Waals surface area contributed by atoms with Crippen LogP contribution in [0, 0.1) is 5.92 Å². The van der Waals surface area contributed by atoms with Crippen molar-refractivity contribution in [3.05, 3.63) is 102 Å². The third-order valence-corrected chi connectivity index (χ3v) is 7.02. The minimum absolute atomic E-state index is 0.185. The summed E-state index contributed by atoms with van der Waals surface area (Å²) < 4.78 is 0. The van der Waals surface area contributed by atoms with E-state index in [4.69, 9.17) is 5.73 Å². The van der Waals surface area contributed by atoms with Crippen molar-refractivity contribution < 1.29 is 30.6 Å². The number of hydrogen-bond donors (Lipinski definition) is 6.